The molecule has 0 unspecified atom stereocenters. The Labute approximate surface area is 112 Å². The van der Waals surface area contributed by atoms with Crippen molar-refractivity contribution in [2.75, 3.05) is 7.11 Å². The molecule has 0 aliphatic heterocycles. The quantitative estimate of drug-likeness (QED) is 0.620. The minimum absolute atomic E-state index is 0.316. The molecular weight excluding hydrogens is 341 g/mol. The van der Waals surface area contributed by atoms with Gasteiger partial charge in [-0.3, -0.25) is 9.78 Å². The van der Waals surface area contributed by atoms with Gasteiger partial charge in [-0.1, -0.05) is 0 Å². The van der Waals surface area contributed by atoms with E-state index < -0.39 is 40.6 Å². The molecule has 0 saturated heterocycles. The molecule has 0 aliphatic rings. The number of hydrogen-bond acceptors (Lipinski definition) is 3. The van der Waals surface area contributed by atoms with E-state index in [1.54, 1.807) is 0 Å². The van der Waals surface area contributed by atoms with Gasteiger partial charge in [0.25, 0.3) is 6.43 Å². The van der Waals surface area contributed by atoms with Crippen molar-refractivity contribution in [2.24, 2.45) is 0 Å². The number of alkyl halides is 5. The number of pyridine rings is 1. The summed E-state index contributed by atoms with van der Waals surface area (Å²) in [5, 5.41) is 0. The smallest absolute Gasteiger partial charge is 0.418 e. The van der Waals surface area contributed by atoms with E-state index in [0.717, 1.165) is 7.11 Å². The second kappa shape index (κ2) is 5.81. The van der Waals surface area contributed by atoms with Gasteiger partial charge in [-0.15, -0.1) is 0 Å². The first-order valence-electron chi connectivity index (χ1n) is 4.78. The number of aromatic nitrogens is 1. The van der Waals surface area contributed by atoms with Gasteiger partial charge in [0.2, 0.25) is 0 Å². The average Bonchev–Trinajstić information content (AvgIpc) is 2.29. The Bertz CT molecular complexity index is 490. The molecule has 0 N–H and O–H groups in total. The highest BCUT2D eigenvalue weighted by Gasteiger charge is 2.39. The molecule has 1 rings (SSSR count). The Hall–Kier alpha value is -1.25. The average molecular weight is 348 g/mol. The van der Waals surface area contributed by atoms with E-state index in [1.165, 1.54) is 0 Å². The van der Waals surface area contributed by atoms with Gasteiger partial charge in [0.05, 0.1) is 29.3 Å². The number of carbonyl (C=O) groups is 1. The zero-order valence-corrected chi connectivity index (χ0v) is 11.0. The Morgan fingerprint density at radius 3 is 2.47 bits per heavy atom. The van der Waals surface area contributed by atoms with Crippen molar-refractivity contribution >= 4 is 21.9 Å². The zero-order chi connectivity index (χ0) is 14.8. The predicted octanol–water partition coefficient (Wildman–Crippen LogP) is 3.52. The molecule has 0 aromatic carbocycles. The zero-order valence-electron chi connectivity index (χ0n) is 9.39. The Morgan fingerprint density at radius 1 is 1.47 bits per heavy atom. The van der Waals surface area contributed by atoms with Crippen LogP contribution in [0.25, 0.3) is 0 Å². The van der Waals surface area contributed by atoms with Crippen molar-refractivity contribution in [3.8, 4) is 0 Å². The highest BCUT2D eigenvalue weighted by Crippen LogP contribution is 2.41. The summed E-state index contributed by atoms with van der Waals surface area (Å²) in [5.74, 6) is -0.828. The predicted molar refractivity (Wildman–Crippen MR) is 57.6 cm³/mol. The molecule has 0 radical (unpaired) electrons. The third kappa shape index (κ3) is 3.62. The van der Waals surface area contributed by atoms with Crippen molar-refractivity contribution in [2.45, 2.75) is 19.0 Å². The van der Waals surface area contributed by atoms with E-state index in [0.29, 0.717) is 6.20 Å². The number of hydrogen-bond donors (Lipinski definition) is 0. The first kappa shape index (κ1) is 15.8. The number of halogens is 6. The molecule has 0 atom stereocenters. The standard InChI is InChI=1S/C10H7BrF5NO2/c1-19-6(18)2-5-8(11)7(10(14,15)16)4(3-17-5)9(12)13/h3,9H,2H2,1H3. The minimum Gasteiger partial charge on any atom is -0.469 e. The van der Waals surface area contributed by atoms with Crippen LogP contribution in [0.2, 0.25) is 0 Å². The highest BCUT2D eigenvalue weighted by molar-refractivity contribution is 9.10. The lowest BCUT2D eigenvalue weighted by atomic mass is 10.1. The summed E-state index contributed by atoms with van der Waals surface area (Å²) in [6.07, 6.45) is -8.45. The summed E-state index contributed by atoms with van der Waals surface area (Å²) in [7, 11) is 1.05. The second-order valence-electron chi connectivity index (χ2n) is 3.40. The fourth-order valence-electron chi connectivity index (χ4n) is 1.33. The van der Waals surface area contributed by atoms with Gasteiger partial charge >= 0.3 is 12.1 Å². The molecule has 0 fully saturated rings. The molecular formula is C10H7BrF5NO2. The summed E-state index contributed by atoms with van der Waals surface area (Å²) in [5.41, 5.74) is -3.09. The van der Waals surface area contributed by atoms with Gasteiger partial charge in [0.15, 0.2) is 0 Å². The fraction of sp³-hybridized carbons (Fsp3) is 0.400. The van der Waals surface area contributed by atoms with Crippen LogP contribution in [0.1, 0.15) is 23.2 Å². The van der Waals surface area contributed by atoms with Crippen molar-refractivity contribution < 1.29 is 31.5 Å². The Kier molecular flexibility index (Phi) is 4.83. The van der Waals surface area contributed by atoms with Crippen LogP contribution in [0.15, 0.2) is 10.7 Å². The number of nitrogens with zero attached hydrogens (tertiary/aromatic N) is 1. The molecule has 1 aromatic heterocycles. The maximum Gasteiger partial charge on any atom is 0.418 e. The molecule has 106 valence electrons. The first-order valence-corrected chi connectivity index (χ1v) is 5.57. The van der Waals surface area contributed by atoms with Crippen molar-refractivity contribution in [1.82, 2.24) is 4.98 Å². The van der Waals surface area contributed by atoms with Gasteiger partial charge in [-0.25, -0.2) is 8.78 Å². The van der Waals surface area contributed by atoms with E-state index in [9.17, 15) is 26.7 Å². The molecule has 0 bridgehead atoms. The maximum absolute atomic E-state index is 12.8. The van der Waals surface area contributed by atoms with Crippen molar-refractivity contribution in [3.63, 3.8) is 0 Å². The van der Waals surface area contributed by atoms with Crippen LogP contribution in [-0.4, -0.2) is 18.1 Å². The van der Waals surface area contributed by atoms with Gasteiger partial charge in [0, 0.05) is 11.8 Å². The Morgan fingerprint density at radius 2 is 2.05 bits per heavy atom. The van der Waals surface area contributed by atoms with E-state index in [-0.39, 0.29) is 5.69 Å². The molecule has 0 spiro atoms. The van der Waals surface area contributed by atoms with Crippen LogP contribution >= 0.6 is 15.9 Å². The van der Waals surface area contributed by atoms with Gasteiger partial charge in [0.1, 0.15) is 0 Å². The van der Waals surface area contributed by atoms with Crippen LogP contribution in [0.3, 0.4) is 0 Å². The topological polar surface area (TPSA) is 39.2 Å². The SMILES string of the molecule is COC(=O)Cc1ncc(C(F)F)c(C(F)(F)F)c1Br. The van der Waals surface area contributed by atoms with Crippen molar-refractivity contribution in [3.05, 3.63) is 27.5 Å². The number of rotatable bonds is 3. The molecule has 0 saturated carbocycles. The molecule has 1 heterocycles. The summed E-state index contributed by atoms with van der Waals surface area (Å²) in [4.78, 5) is 14.4. The van der Waals surface area contributed by atoms with Crippen LogP contribution < -0.4 is 0 Å². The van der Waals surface area contributed by atoms with E-state index in [4.69, 9.17) is 0 Å². The van der Waals surface area contributed by atoms with Gasteiger partial charge in [-0.05, 0) is 15.9 Å². The third-order valence-corrected chi connectivity index (χ3v) is 3.03. The van der Waals surface area contributed by atoms with Gasteiger partial charge in [-0.2, -0.15) is 13.2 Å². The lowest BCUT2D eigenvalue weighted by Gasteiger charge is -2.16. The Balaban J connectivity index is 3.38. The normalized spacial score (nSPS) is 11.8. The summed E-state index contributed by atoms with van der Waals surface area (Å²) in [6, 6.07) is 0. The second-order valence-corrected chi connectivity index (χ2v) is 4.19. The molecule has 3 nitrogen and oxygen atoms in total. The number of ether oxygens (including phenoxy) is 1. The maximum atomic E-state index is 12.8. The molecule has 1 aromatic rings. The largest absolute Gasteiger partial charge is 0.469 e. The van der Waals surface area contributed by atoms with Gasteiger partial charge < -0.3 is 4.74 Å². The van der Waals surface area contributed by atoms with Crippen LogP contribution in [0.4, 0.5) is 22.0 Å². The molecule has 0 amide bonds. The highest BCUT2D eigenvalue weighted by atomic mass is 79.9. The summed E-state index contributed by atoms with van der Waals surface area (Å²) in [6.45, 7) is 0. The third-order valence-electron chi connectivity index (χ3n) is 2.18. The summed E-state index contributed by atoms with van der Waals surface area (Å²) < 4.78 is 67.0. The number of methoxy groups -OCH3 is 1. The summed E-state index contributed by atoms with van der Waals surface area (Å²) >= 11 is 2.57. The van der Waals surface area contributed by atoms with E-state index >= 15 is 0 Å². The minimum atomic E-state index is -4.99. The monoisotopic (exact) mass is 347 g/mol. The lowest BCUT2D eigenvalue weighted by Crippen LogP contribution is -2.15. The van der Waals surface area contributed by atoms with Crippen molar-refractivity contribution in [1.29, 1.82) is 0 Å². The molecule has 9 heteroatoms. The molecule has 0 aliphatic carbocycles. The number of carbonyl (C=O) groups excluding carboxylic acids is 1. The van der Waals surface area contributed by atoms with E-state index in [1.807, 2.05) is 0 Å². The van der Waals surface area contributed by atoms with Crippen LogP contribution in [0.5, 0.6) is 0 Å². The lowest BCUT2D eigenvalue weighted by molar-refractivity contribution is -0.142. The number of esters is 1. The molecule has 19 heavy (non-hydrogen) atoms. The van der Waals surface area contributed by atoms with Crippen LogP contribution in [-0.2, 0) is 22.1 Å². The fourth-order valence-corrected chi connectivity index (χ4v) is 2.02. The van der Waals surface area contributed by atoms with E-state index in [2.05, 4.69) is 25.7 Å². The first-order chi connectivity index (χ1) is 8.68. The van der Waals surface area contributed by atoms with Crippen LogP contribution in [0, 0.1) is 0 Å².